The van der Waals surface area contributed by atoms with Crippen molar-refractivity contribution in [2.45, 2.75) is 25.2 Å². The molecule has 0 spiro atoms. The molecule has 1 aromatic rings. The second kappa shape index (κ2) is 3.41. The second-order valence-corrected chi connectivity index (χ2v) is 4.15. The predicted molar refractivity (Wildman–Crippen MR) is 49.7 cm³/mol. The maximum atomic E-state index is 10.1. The van der Waals surface area contributed by atoms with E-state index < -0.39 is 0 Å². The van der Waals surface area contributed by atoms with E-state index in [0.29, 0.717) is 12.3 Å². The van der Waals surface area contributed by atoms with Gasteiger partial charge in [-0.1, -0.05) is 0 Å². The summed E-state index contributed by atoms with van der Waals surface area (Å²) < 4.78 is 0. The average Bonchev–Trinajstić information content (AvgIpc) is 2.83. The molecule has 0 bridgehead atoms. The smallest absolute Gasteiger partial charge is 0.209 e. The van der Waals surface area contributed by atoms with E-state index >= 15 is 0 Å². The number of nitrogens with zero attached hydrogens (tertiary/aromatic N) is 2. The van der Waals surface area contributed by atoms with E-state index in [-0.39, 0.29) is 11.5 Å². The normalized spacial score (nSPS) is 16.0. The van der Waals surface area contributed by atoms with Crippen LogP contribution in [0, 0.1) is 10.1 Å². The first-order valence-electron chi connectivity index (χ1n) is 4.32. The van der Waals surface area contributed by atoms with Gasteiger partial charge in [-0.3, -0.25) is 10.1 Å². The van der Waals surface area contributed by atoms with E-state index in [1.807, 2.05) is 5.38 Å². The maximum absolute atomic E-state index is 10.1. The Morgan fingerprint density at radius 1 is 1.69 bits per heavy atom. The molecule has 0 amide bonds. The Labute approximate surface area is 79.8 Å². The molecule has 4 nitrogen and oxygen atoms in total. The van der Waals surface area contributed by atoms with Gasteiger partial charge in [0.15, 0.2) is 0 Å². The molecule has 0 unspecified atom stereocenters. The van der Waals surface area contributed by atoms with Crippen LogP contribution in [-0.2, 0) is 6.42 Å². The summed E-state index contributed by atoms with van der Waals surface area (Å²) in [6.07, 6.45) is 2.95. The minimum Gasteiger partial charge on any atom is -0.265 e. The molecule has 1 fully saturated rings. The van der Waals surface area contributed by atoms with Crippen molar-refractivity contribution >= 4 is 11.3 Å². The molecule has 2 rings (SSSR count). The highest BCUT2D eigenvalue weighted by Gasteiger charge is 2.26. The van der Waals surface area contributed by atoms with E-state index in [2.05, 4.69) is 4.98 Å². The summed E-state index contributed by atoms with van der Waals surface area (Å²) in [5, 5.41) is 13.2. The first-order valence-corrected chi connectivity index (χ1v) is 5.20. The molecule has 1 saturated carbocycles. The van der Waals surface area contributed by atoms with Gasteiger partial charge >= 0.3 is 0 Å². The first kappa shape index (κ1) is 8.62. The highest BCUT2D eigenvalue weighted by molar-refractivity contribution is 7.09. The van der Waals surface area contributed by atoms with Crippen LogP contribution in [0.2, 0.25) is 0 Å². The number of aromatic nitrogens is 1. The van der Waals surface area contributed by atoms with E-state index in [1.54, 1.807) is 11.3 Å². The highest BCUT2D eigenvalue weighted by Crippen LogP contribution is 2.41. The van der Waals surface area contributed by atoms with Crippen LogP contribution in [0.1, 0.15) is 29.5 Å². The number of rotatable bonds is 4. The molecule has 0 saturated heterocycles. The van der Waals surface area contributed by atoms with Crippen molar-refractivity contribution in [3.8, 4) is 0 Å². The van der Waals surface area contributed by atoms with E-state index in [0.717, 1.165) is 5.69 Å². The fraction of sp³-hybridized carbons (Fsp3) is 0.625. The Balaban J connectivity index is 1.92. The third kappa shape index (κ3) is 2.24. The molecule has 1 aliphatic rings. The number of nitro groups is 1. The van der Waals surface area contributed by atoms with Crippen LogP contribution in [0.4, 0.5) is 0 Å². The summed E-state index contributed by atoms with van der Waals surface area (Å²) in [4.78, 5) is 14.2. The first-order chi connectivity index (χ1) is 6.25. The molecule has 5 heteroatoms. The summed E-state index contributed by atoms with van der Waals surface area (Å²) in [7, 11) is 0. The molecule has 0 N–H and O–H groups in total. The summed E-state index contributed by atoms with van der Waals surface area (Å²) in [5.74, 6) is 0.661. The second-order valence-electron chi connectivity index (χ2n) is 3.26. The molecule has 0 aliphatic heterocycles. The van der Waals surface area contributed by atoms with Crippen molar-refractivity contribution in [2.24, 2.45) is 0 Å². The molecule has 0 aromatic carbocycles. The fourth-order valence-corrected chi connectivity index (χ4v) is 2.19. The summed E-state index contributed by atoms with van der Waals surface area (Å²) in [6, 6.07) is 0. The zero-order valence-electron chi connectivity index (χ0n) is 7.10. The van der Waals surface area contributed by atoms with Gasteiger partial charge in [0.1, 0.15) is 0 Å². The number of hydrogen-bond donors (Lipinski definition) is 0. The molecule has 0 radical (unpaired) electrons. The lowest BCUT2D eigenvalue weighted by Crippen LogP contribution is -2.04. The maximum Gasteiger partial charge on any atom is 0.209 e. The molecule has 13 heavy (non-hydrogen) atoms. The van der Waals surface area contributed by atoms with Crippen LogP contribution in [0.3, 0.4) is 0 Å². The fourth-order valence-electron chi connectivity index (χ4n) is 1.16. The van der Waals surface area contributed by atoms with Crippen LogP contribution in [0.5, 0.6) is 0 Å². The van der Waals surface area contributed by atoms with Gasteiger partial charge in [0.2, 0.25) is 6.54 Å². The Bertz CT molecular complexity index is 320. The molecule has 0 atom stereocenters. The van der Waals surface area contributed by atoms with Crippen LogP contribution in [0.25, 0.3) is 0 Å². The van der Waals surface area contributed by atoms with E-state index in [1.165, 1.54) is 17.8 Å². The lowest BCUT2D eigenvalue weighted by atomic mass is 10.3. The van der Waals surface area contributed by atoms with Gasteiger partial charge in [0, 0.05) is 16.2 Å². The van der Waals surface area contributed by atoms with Crippen molar-refractivity contribution in [3.05, 3.63) is 26.2 Å². The Morgan fingerprint density at radius 2 is 2.46 bits per heavy atom. The Morgan fingerprint density at radius 3 is 3.08 bits per heavy atom. The number of hydrogen-bond acceptors (Lipinski definition) is 4. The third-order valence-corrected chi connectivity index (χ3v) is 3.10. The van der Waals surface area contributed by atoms with Gasteiger partial charge in [-0.2, -0.15) is 0 Å². The largest absolute Gasteiger partial charge is 0.265 e. The van der Waals surface area contributed by atoms with E-state index in [4.69, 9.17) is 0 Å². The molecule has 1 aromatic heterocycles. The molecular formula is C8H10N2O2S. The lowest BCUT2D eigenvalue weighted by molar-refractivity contribution is -0.479. The topological polar surface area (TPSA) is 56.0 Å². The minimum atomic E-state index is -0.295. The standard InChI is InChI=1S/C8H10N2O2S/c11-10(12)4-3-7-5-13-8(9-7)6-1-2-6/h5-6H,1-4H2. The van der Waals surface area contributed by atoms with Gasteiger partial charge in [-0.25, -0.2) is 4.98 Å². The molecule has 1 heterocycles. The minimum absolute atomic E-state index is 0.00611. The van der Waals surface area contributed by atoms with Crippen LogP contribution < -0.4 is 0 Å². The van der Waals surface area contributed by atoms with Crippen LogP contribution >= 0.6 is 11.3 Å². The zero-order valence-corrected chi connectivity index (χ0v) is 7.92. The summed E-state index contributed by atoms with van der Waals surface area (Å²) >= 11 is 1.64. The van der Waals surface area contributed by atoms with Crippen LogP contribution in [-0.4, -0.2) is 16.5 Å². The van der Waals surface area contributed by atoms with Crippen LogP contribution in [0.15, 0.2) is 5.38 Å². The Hall–Kier alpha value is -0.970. The molecular weight excluding hydrogens is 188 g/mol. The number of thiazole rings is 1. The monoisotopic (exact) mass is 198 g/mol. The molecule has 1 aliphatic carbocycles. The summed E-state index contributed by atoms with van der Waals surface area (Å²) in [6.45, 7) is -0.00611. The summed E-state index contributed by atoms with van der Waals surface area (Å²) in [5.41, 5.74) is 0.878. The quantitative estimate of drug-likeness (QED) is 0.548. The average molecular weight is 198 g/mol. The van der Waals surface area contributed by atoms with Gasteiger partial charge in [0.25, 0.3) is 0 Å². The lowest BCUT2D eigenvalue weighted by Gasteiger charge is -1.89. The van der Waals surface area contributed by atoms with E-state index in [9.17, 15) is 10.1 Å². The van der Waals surface area contributed by atoms with Crippen molar-refractivity contribution in [2.75, 3.05) is 6.54 Å². The predicted octanol–water partition coefficient (Wildman–Crippen LogP) is 1.84. The van der Waals surface area contributed by atoms with Crippen molar-refractivity contribution < 1.29 is 4.92 Å². The SMILES string of the molecule is O=[N+]([O-])CCc1csc(C2CC2)n1. The Kier molecular flexibility index (Phi) is 2.26. The van der Waals surface area contributed by atoms with Gasteiger partial charge in [0.05, 0.1) is 17.1 Å². The highest BCUT2D eigenvalue weighted by atomic mass is 32.1. The molecule has 70 valence electrons. The zero-order chi connectivity index (χ0) is 9.26. The van der Waals surface area contributed by atoms with Gasteiger partial charge in [-0.15, -0.1) is 11.3 Å². The van der Waals surface area contributed by atoms with Gasteiger partial charge in [-0.05, 0) is 12.8 Å². The van der Waals surface area contributed by atoms with Gasteiger partial charge < -0.3 is 0 Å². The van der Waals surface area contributed by atoms with Crippen molar-refractivity contribution in [1.82, 2.24) is 4.98 Å². The van der Waals surface area contributed by atoms with Crippen molar-refractivity contribution in [3.63, 3.8) is 0 Å². The third-order valence-electron chi connectivity index (χ3n) is 2.05. The van der Waals surface area contributed by atoms with Crippen molar-refractivity contribution in [1.29, 1.82) is 0 Å².